The van der Waals surface area contributed by atoms with Gasteiger partial charge in [-0.2, -0.15) is 0 Å². The van der Waals surface area contributed by atoms with Crippen molar-refractivity contribution in [1.29, 1.82) is 0 Å². The van der Waals surface area contributed by atoms with Crippen LogP contribution >= 0.6 is 0 Å². The predicted octanol–water partition coefficient (Wildman–Crippen LogP) is 9.21. The molecule has 8 rings (SSSR count). The molecular weight excluding hydrogens is 474 g/mol. The summed E-state index contributed by atoms with van der Waals surface area (Å²) in [5.74, 6) is 0.676. The molecule has 0 aliphatic rings. The average Bonchev–Trinajstić information content (AvgIpc) is 3.35. The largest absolute Gasteiger partial charge is 0.278 e. The summed E-state index contributed by atoms with van der Waals surface area (Å²) in [6.45, 7) is 0. The number of aromatic nitrogens is 3. The van der Waals surface area contributed by atoms with E-state index >= 15 is 0 Å². The van der Waals surface area contributed by atoms with Crippen molar-refractivity contribution in [3.63, 3.8) is 0 Å². The van der Waals surface area contributed by atoms with Crippen LogP contribution in [-0.4, -0.2) is 14.5 Å². The summed E-state index contributed by atoms with van der Waals surface area (Å²) in [6, 6.07) is 49.0. The Bertz CT molecular complexity index is 2160. The van der Waals surface area contributed by atoms with E-state index in [1.165, 1.54) is 32.7 Å². The van der Waals surface area contributed by atoms with E-state index in [9.17, 15) is 0 Å². The predicted molar refractivity (Wildman–Crippen MR) is 162 cm³/mol. The second kappa shape index (κ2) is 8.64. The molecule has 0 bridgehead atoms. The van der Waals surface area contributed by atoms with Gasteiger partial charge >= 0.3 is 0 Å². The molecule has 39 heavy (non-hydrogen) atoms. The Kier molecular flexibility index (Phi) is 4.82. The lowest BCUT2D eigenvalue weighted by molar-refractivity contribution is 1.01. The van der Waals surface area contributed by atoms with Crippen molar-refractivity contribution in [1.82, 2.24) is 14.5 Å². The van der Waals surface area contributed by atoms with E-state index in [2.05, 4.69) is 132 Å². The minimum Gasteiger partial charge on any atom is -0.278 e. The van der Waals surface area contributed by atoms with Gasteiger partial charge in [-0.05, 0) is 46.2 Å². The van der Waals surface area contributed by atoms with Crippen molar-refractivity contribution in [3.8, 4) is 28.3 Å². The third-order valence-electron chi connectivity index (χ3n) is 7.60. The van der Waals surface area contributed by atoms with Gasteiger partial charge in [-0.3, -0.25) is 4.57 Å². The van der Waals surface area contributed by atoms with Gasteiger partial charge in [0.15, 0.2) is 0 Å². The summed E-state index contributed by atoms with van der Waals surface area (Å²) in [5.41, 5.74) is 7.53. The lowest BCUT2D eigenvalue weighted by atomic mass is 10.0. The zero-order valence-corrected chi connectivity index (χ0v) is 21.1. The Morgan fingerprint density at radius 2 is 1.10 bits per heavy atom. The van der Waals surface area contributed by atoms with Crippen LogP contribution in [0, 0.1) is 0 Å². The molecule has 8 aromatic rings. The van der Waals surface area contributed by atoms with Gasteiger partial charge in [-0.25, -0.2) is 9.97 Å². The molecule has 2 heterocycles. The van der Waals surface area contributed by atoms with Crippen LogP contribution in [0.15, 0.2) is 140 Å². The second-order valence-corrected chi connectivity index (χ2v) is 9.87. The normalized spacial score (nSPS) is 11.6. The molecule has 0 saturated carbocycles. The molecule has 0 amide bonds. The highest BCUT2D eigenvalue weighted by atomic mass is 15.2. The molecular formula is C36H23N3. The molecule has 3 heteroatoms. The topological polar surface area (TPSA) is 30.7 Å². The highest BCUT2D eigenvalue weighted by Crippen LogP contribution is 2.39. The maximum absolute atomic E-state index is 5.23. The number of rotatable bonds is 3. The molecule has 0 aliphatic heterocycles. The molecule has 2 aromatic heterocycles. The zero-order chi connectivity index (χ0) is 25.8. The minimum absolute atomic E-state index is 0.676. The van der Waals surface area contributed by atoms with Crippen LogP contribution in [0.3, 0.4) is 0 Å². The number of hydrogen-bond acceptors (Lipinski definition) is 2. The molecule has 3 nitrogen and oxygen atoms in total. The summed E-state index contributed by atoms with van der Waals surface area (Å²) in [4.78, 5) is 10.3. The fourth-order valence-electron chi connectivity index (χ4n) is 5.80. The molecule has 0 unspecified atom stereocenters. The van der Waals surface area contributed by atoms with Crippen LogP contribution in [0.5, 0.6) is 0 Å². The van der Waals surface area contributed by atoms with Crippen LogP contribution in [0.1, 0.15) is 0 Å². The molecule has 6 aromatic carbocycles. The van der Waals surface area contributed by atoms with Crippen LogP contribution in [-0.2, 0) is 0 Å². The third-order valence-corrected chi connectivity index (χ3v) is 7.60. The van der Waals surface area contributed by atoms with Crippen molar-refractivity contribution in [2.75, 3.05) is 0 Å². The summed E-state index contributed by atoms with van der Waals surface area (Å²) in [6.07, 6.45) is 0. The fourth-order valence-corrected chi connectivity index (χ4v) is 5.80. The standard InChI is InChI=1S/C36H23N3/c1-3-11-24(12-4-1)27-20-21-32-30(23-27)34-28-16-8-7-13-25(28)19-22-33(34)39(32)36-37-31-18-10-9-17-29(31)35(38-36)26-14-5-2-6-15-26/h1-23H. The van der Waals surface area contributed by atoms with Crippen molar-refractivity contribution < 1.29 is 0 Å². The molecule has 0 fully saturated rings. The van der Waals surface area contributed by atoms with Crippen LogP contribution in [0.4, 0.5) is 0 Å². The lowest BCUT2D eigenvalue weighted by Crippen LogP contribution is -2.03. The maximum Gasteiger partial charge on any atom is 0.235 e. The number of benzene rings is 6. The van der Waals surface area contributed by atoms with E-state index in [0.717, 1.165) is 33.2 Å². The number of para-hydroxylation sites is 1. The van der Waals surface area contributed by atoms with Crippen molar-refractivity contribution in [2.45, 2.75) is 0 Å². The molecule has 182 valence electrons. The first kappa shape index (κ1) is 21.8. The molecule has 0 aliphatic carbocycles. The average molecular weight is 498 g/mol. The molecule has 0 radical (unpaired) electrons. The quantitative estimate of drug-likeness (QED) is 0.244. The van der Waals surface area contributed by atoms with Crippen molar-refractivity contribution >= 4 is 43.5 Å². The van der Waals surface area contributed by atoms with Gasteiger partial charge in [-0.15, -0.1) is 0 Å². The van der Waals surface area contributed by atoms with Crippen LogP contribution < -0.4 is 0 Å². The first-order valence-electron chi connectivity index (χ1n) is 13.2. The van der Waals surface area contributed by atoms with Crippen molar-refractivity contribution in [2.24, 2.45) is 0 Å². The highest BCUT2D eigenvalue weighted by molar-refractivity contribution is 6.21. The van der Waals surface area contributed by atoms with Gasteiger partial charge in [-0.1, -0.05) is 115 Å². The van der Waals surface area contributed by atoms with Gasteiger partial charge < -0.3 is 0 Å². The number of fused-ring (bicyclic) bond motifs is 6. The smallest absolute Gasteiger partial charge is 0.235 e. The number of nitrogens with zero attached hydrogens (tertiary/aromatic N) is 3. The lowest BCUT2D eigenvalue weighted by Gasteiger charge is -2.12. The van der Waals surface area contributed by atoms with E-state index in [-0.39, 0.29) is 0 Å². The number of hydrogen-bond donors (Lipinski definition) is 0. The fraction of sp³-hybridized carbons (Fsp3) is 0. The van der Waals surface area contributed by atoms with Gasteiger partial charge in [0.1, 0.15) is 0 Å². The summed E-state index contributed by atoms with van der Waals surface area (Å²) >= 11 is 0. The van der Waals surface area contributed by atoms with Gasteiger partial charge in [0.25, 0.3) is 0 Å². The monoisotopic (exact) mass is 497 g/mol. The van der Waals surface area contributed by atoms with E-state index in [4.69, 9.17) is 9.97 Å². The van der Waals surface area contributed by atoms with Crippen LogP contribution in [0.25, 0.3) is 71.8 Å². The Morgan fingerprint density at radius 1 is 0.436 bits per heavy atom. The molecule has 0 atom stereocenters. The zero-order valence-electron chi connectivity index (χ0n) is 21.1. The van der Waals surface area contributed by atoms with Crippen molar-refractivity contribution in [3.05, 3.63) is 140 Å². The second-order valence-electron chi connectivity index (χ2n) is 9.87. The summed E-state index contributed by atoms with van der Waals surface area (Å²) < 4.78 is 2.23. The summed E-state index contributed by atoms with van der Waals surface area (Å²) in [5, 5.41) is 5.91. The third kappa shape index (κ3) is 3.44. The van der Waals surface area contributed by atoms with Crippen LogP contribution in [0.2, 0.25) is 0 Å². The first-order valence-corrected chi connectivity index (χ1v) is 13.2. The van der Waals surface area contributed by atoms with E-state index < -0.39 is 0 Å². The van der Waals surface area contributed by atoms with E-state index in [0.29, 0.717) is 5.95 Å². The summed E-state index contributed by atoms with van der Waals surface area (Å²) in [7, 11) is 0. The van der Waals surface area contributed by atoms with Gasteiger partial charge in [0, 0.05) is 21.7 Å². The Labute approximate surface area is 225 Å². The molecule has 0 saturated heterocycles. The molecule has 0 N–H and O–H groups in total. The minimum atomic E-state index is 0.676. The van der Waals surface area contributed by atoms with E-state index in [1.54, 1.807) is 0 Å². The SMILES string of the molecule is c1ccc(-c2ccc3c(c2)c2c4ccccc4ccc2n3-c2nc(-c3ccccc3)c3ccccc3n2)cc1. The first-order chi connectivity index (χ1) is 19.3. The van der Waals surface area contributed by atoms with E-state index in [1.807, 2.05) is 12.1 Å². The maximum atomic E-state index is 5.23. The van der Waals surface area contributed by atoms with Gasteiger partial charge in [0.2, 0.25) is 5.95 Å². The van der Waals surface area contributed by atoms with Gasteiger partial charge in [0.05, 0.1) is 22.2 Å². The Hall–Kier alpha value is -5.28. The molecule has 0 spiro atoms. The highest BCUT2D eigenvalue weighted by Gasteiger charge is 2.19. The Balaban J connectivity index is 1.50. The Morgan fingerprint density at radius 3 is 1.92 bits per heavy atom.